The number of rotatable bonds is 2. The Bertz CT molecular complexity index is 551. The van der Waals surface area contributed by atoms with Gasteiger partial charge in [-0.3, -0.25) is 0 Å². The van der Waals surface area contributed by atoms with Crippen LogP contribution in [0.4, 0.5) is 5.82 Å². The van der Waals surface area contributed by atoms with Crippen LogP contribution in [0.5, 0.6) is 0 Å². The Morgan fingerprint density at radius 3 is 2.65 bits per heavy atom. The van der Waals surface area contributed by atoms with Gasteiger partial charge in [0.15, 0.2) is 5.84 Å². The molecule has 7 nitrogen and oxygen atoms in total. The quantitative estimate of drug-likeness (QED) is 0.244. The van der Waals surface area contributed by atoms with Crippen LogP contribution in [0.15, 0.2) is 11.2 Å². The molecule has 0 saturated carbocycles. The first kappa shape index (κ1) is 13.1. The van der Waals surface area contributed by atoms with Gasteiger partial charge in [-0.05, 0) is 30.9 Å². The van der Waals surface area contributed by atoms with Crippen molar-refractivity contribution >= 4 is 11.7 Å². The number of nitrogens with zero attached hydrogens (tertiary/aromatic N) is 3. The van der Waals surface area contributed by atoms with Crippen LogP contribution in [0.1, 0.15) is 23.2 Å². The second-order valence-corrected chi connectivity index (χ2v) is 5.34. The van der Waals surface area contributed by atoms with Gasteiger partial charge in [0.1, 0.15) is 5.82 Å². The van der Waals surface area contributed by atoms with Crippen molar-refractivity contribution in [2.24, 2.45) is 10.9 Å². The smallest absolute Gasteiger partial charge is 0.173 e. The van der Waals surface area contributed by atoms with Crippen molar-refractivity contribution in [3.63, 3.8) is 0 Å². The molecule has 108 valence electrons. The third-order valence-corrected chi connectivity index (χ3v) is 3.97. The lowest BCUT2D eigenvalue weighted by molar-refractivity contribution is 0.0572. The van der Waals surface area contributed by atoms with E-state index >= 15 is 0 Å². The van der Waals surface area contributed by atoms with Gasteiger partial charge in [-0.15, -0.1) is 0 Å². The molecular formula is C13H18N4O3. The molecular weight excluding hydrogens is 260 g/mol. The standard InChI is InChI=1S/C13H18N4O3/c14-12(16-20)8-4-7-2-1-3-9(7)15-13(8)17-5-10(18)11(19)6-17/h4,10-11,18-20H,1-3,5-6H2,(H2,14,16). The molecule has 3 rings (SSSR count). The second kappa shape index (κ2) is 4.92. The highest BCUT2D eigenvalue weighted by atomic mass is 16.4. The van der Waals surface area contributed by atoms with E-state index in [4.69, 9.17) is 10.9 Å². The molecule has 1 fully saturated rings. The summed E-state index contributed by atoms with van der Waals surface area (Å²) in [5, 5.41) is 31.3. The Morgan fingerprint density at radius 1 is 1.30 bits per heavy atom. The normalized spacial score (nSPS) is 26.1. The maximum absolute atomic E-state index is 9.68. The van der Waals surface area contributed by atoms with Crippen LogP contribution in [0.2, 0.25) is 0 Å². The number of aliphatic hydroxyl groups is 2. The molecule has 0 spiro atoms. The molecule has 2 heterocycles. The molecule has 2 aliphatic rings. The predicted molar refractivity (Wildman–Crippen MR) is 73.0 cm³/mol. The summed E-state index contributed by atoms with van der Waals surface area (Å²) in [6.45, 7) is 0.581. The fourth-order valence-electron chi connectivity index (χ4n) is 2.89. The van der Waals surface area contributed by atoms with Crippen molar-refractivity contribution in [2.75, 3.05) is 18.0 Å². The number of fused-ring (bicyclic) bond motifs is 1. The molecule has 0 aromatic carbocycles. The highest BCUT2D eigenvalue weighted by Crippen LogP contribution is 2.29. The number of aromatic nitrogens is 1. The Balaban J connectivity index is 2.04. The van der Waals surface area contributed by atoms with Crippen LogP contribution in [0.3, 0.4) is 0 Å². The summed E-state index contributed by atoms with van der Waals surface area (Å²) < 4.78 is 0. The summed E-state index contributed by atoms with van der Waals surface area (Å²) in [4.78, 5) is 6.38. The molecule has 5 N–H and O–H groups in total. The van der Waals surface area contributed by atoms with Crippen molar-refractivity contribution in [1.82, 2.24) is 4.98 Å². The molecule has 1 aliphatic heterocycles. The minimum atomic E-state index is -0.801. The van der Waals surface area contributed by atoms with Crippen molar-refractivity contribution in [2.45, 2.75) is 31.5 Å². The van der Waals surface area contributed by atoms with Crippen molar-refractivity contribution < 1.29 is 15.4 Å². The first-order valence-corrected chi connectivity index (χ1v) is 6.72. The van der Waals surface area contributed by atoms with Crippen molar-refractivity contribution in [1.29, 1.82) is 0 Å². The Hall–Kier alpha value is -1.86. The topological polar surface area (TPSA) is 115 Å². The third-order valence-electron chi connectivity index (χ3n) is 3.97. The fraction of sp³-hybridized carbons (Fsp3) is 0.538. The first-order valence-electron chi connectivity index (χ1n) is 6.72. The molecule has 20 heavy (non-hydrogen) atoms. The van der Waals surface area contributed by atoms with E-state index in [2.05, 4.69) is 10.1 Å². The second-order valence-electron chi connectivity index (χ2n) is 5.34. The summed E-state index contributed by atoms with van der Waals surface area (Å²) in [7, 11) is 0. The molecule has 0 amide bonds. The van der Waals surface area contributed by atoms with Crippen LogP contribution in [0.25, 0.3) is 0 Å². The molecule has 1 aliphatic carbocycles. The monoisotopic (exact) mass is 278 g/mol. The maximum atomic E-state index is 9.68. The molecule has 2 unspecified atom stereocenters. The third kappa shape index (κ3) is 2.08. The lowest BCUT2D eigenvalue weighted by atomic mass is 10.1. The Labute approximate surface area is 116 Å². The van der Waals surface area contributed by atoms with E-state index in [0.29, 0.717) is 24.5 Å². The van der Waals surface area contributed by atoms with Gasteiger partial charge in [0.2, 0.25) is 0 Å². The minimum Gasteiger partial charge on any atom is -0.409 e. The van der Waals surface area contributed by atoms with E-state index in [-0.39, 0.29) is 5.84 Å². The molecule has 0 bridgehead atoms. The number of hydrogen-bond donors (Lipinski definition) is 4. The molecule has 1 aromatic rings. The molecule has 1 aromatic heterocycles. The first-order chi connectivity index (χ1) is 9.60. The van der Waals surface area contributed by atoms with Crippen LogP contribution in [0, 0.1) is 0 Å². The molecule has 7 heteroatoms. The minimum absolute atomic E-state index is 0.00178. The van der Waals surface area contributed by atoms with Gasteiger partial charge in [0.05, 0.1) is 17.8 Å². The van der Waals surface area contributed by atoms with Gasteiger partial charge in [-0.25, -0.2) is 4.98 Å². The number of aryl methyl sites for hydroxylation is 2. The molecule has 0 radical (unpaired) electrons. The van der Waals surface area contributed by atoms with Crippen molar-refractivity contribution in [3.05, 3.63) is 22.9 Å². The van der Waals surface area contributed by atoms with E-state index < -0.39 is 12.2 Å². The average molecular weight is 278 g/mol. The van der Waals surface area contributed by atoms with Gasteiger partial charge >= 0.3 is 0 Å². The van der Waals surface area contributed by atoms with E-state index in [0.717, 1.165) is 30.5 Å². The van der Waals surface area contributed by atoms with E-state index in [9.17, 15) is 10.2 Å². The number of β-amino-alcohol motifs (C(OH)–C–C–N with tert-alkyl or cyclic N) is 2. The summed E-state index contributed by atoms with van der Waals surface area (Å²) in [6.07, 6.45) is 1.31. The SMILES string of the molecule is N/C(=N/O)c1cc2c(nc1N1CC(O)C(O)C1)CCC2. The van der Waals surface area contributed by atoms with E-state index in [1.165, 1.54) is 0 Å². The highest BCUT2D eigenvalue weighted by Gasteiger charge is 2.33. The highest BCUT2D eigenvalue weighted by molar-refractivity contribution is 6.01. The van der Waals surface area contributed by atoms with E-state index in [1.807, 2.05) is 6.07 Å². The largest absolute Gasteiger partial charge is 0.409 e. The number of pyridine rings is 1. The number of amidine groups is 1. The Morgan fingerprint density at radius 2 is 2.00 bits per heavy atom. The van der Waals surface area contributed by atoms with Gasteiger partial charge in [0, 0.05) is 18.8 Å². The number of hydrogen-bond acceptors (Lipinski definition) is 6. The predicted octanol–water partition coefficient (Wildman–Crippen LogP) is -0.793. The van der Waals surface area contributed by atoms with Gasteiger partial charge < -0.3 is 26.1 Å². The van der Waals surface area contributed by atoms with Crippen LogP contribution in [-0.2, 0) is 12.8 Å². The number of aliphatic hydroxyl groups excluding tert-OH is 2. The number of anilines is 1. The average Bonchev–Trinajstić information content (AvgIpc) is 3.03. The summed E-state index contributed by atoms with van der Waals surface area (Å²) in [6, 6.07) is 1.90. The Kier molecular flexibility index (Phi) is 3.23. The number of oxime groups is 1. The lowest BCUT2D eigenvalue weighted by Crippen LogP contribution is -2.27. The summed E-state index contributed by atoms with van der Waals surface area (Å²) in [5.41, 5.74) is 8.42. The zero-order valence-corrected chi connectivity index (χ0v) is 11.0. The lowest BCUT2D eigenvalue weighted by Gasteiger charge is -2.21. The molecule has 2 atom stereocenters. The fourth-order valence-corrected chi connectivity index (χ4v) is 2.89. The summed E-state index contributed by atoms with van der Waals surface area (Å²) >= 11 is 0. The molecule has 1 saturated heterocycles. The van der Waals surface area contributed by atoms with E-state index in [1.54, 1.807) is 4.90 Å². The van der Waals surface area contributed by atoms with Crippen LogP contribution < -0.4 is 10.6 Å². The van der Waals surface area contributed by atoms with Crippen LogP contribution in [-0.4, -0.2) is 51.5 Å². The van der Waals surface area contributed by atoms with Crippen molar-refractivity contribution in [3.8, 4) is 0 Å². The maximum Gasteiger partial charge on any atom is 0.173 e. The van der Waals surface area contributed by atoms with Gasteiger partial charge in [-0.2, -0.15) is 0 Å². The van der Waals surface area contributed by atoms with Crippen LogP contribution >= 0.6 is 0 Å². The zero-order chi connectivity index (χ0) is 14.3. The summed E-state index contributed by atoms with van der Waals surface area (Å²) in [5.74, 6) is 0.564. The van der Waals surface area contributed by atoms with Gasteiger partial charge in [-0.1, -0.05) is 5.16 Å². The number of nitrogens with two attached hydrogens (primary N) is 1. The zero-order valence-electron chi connectivity index (χ0n) is 11.0. The van der Waals surface area contributed by atoms with Gasteiger partial charge in [0.25, 0.3) is 0 Å².